The summed E-state index contributed by atoms with van der Waals surface area (Å²) in [5, 5.41) is 17.7. The number of hydrogen-bond donors (Lipinski definition) is 2. The van der Waals surface area contributed by atoms with E-state index in [1.807, 2.05) is 30.3 Å². The van der Waals surface area contributed by atoms with Gasteiger partial charge >= 0.3 is 0 Å². The smallest absolute Gasteiger partial charge is 0.105 e. The van der Waals surface area contributed by atoms with Gasteiger partial charge in [-0.05, 0) is 41.3 Å². The highest BCUT2D eigenvalue weighted by molar-refractivity contribution is 9.10. The van der Waals surface area contributed by atoms with Gasteiger partial charge in [-0.25, -0.2) is 0 Å². The molecule has 1 aliphatic rings. The number of hydrogen-bond acceptors (Lipinski definition) is 2. The van der Waals surface area contributed by atoms with Crippen LogP contribution in [0.3, 0.4) is 0 Å². The van der Waals surface area contributed by atoms with E-state index in [1.54, 1.807) is 6.92 Å². The first-order valence-electron chi connectivity index (χ1n) is 5.86. The highest BCUT2D eigenvalue weighted by atomic mass is 79.9. The van der Waals surface area contributed by atoms with Gasteiger partial charge in [0, 0.05) is 11.1 Å². The van der Waals surface area contributed by atoms with Gasteiger partial charge in [-0.3, -0.25) is 0 Å². The fourth-order valence-electron chi connectivity index (χ4n) is 2.15. The first-order valence-corrected chi connectivity index (χ1v) is 6.66. The number of aliphatic hydroxyl groups excluding tert-OH is 2. The Hall–Kier alpha value is -1.16. The molecule has 3 heteroatoms. The third-order valence-corrected chi connectivity index (χ3v) is 3.35. The number of halogens is 1. The Morgan fingerprint density at radius 1 is 1.06 bits per heavy atom. The van der Waals surface area contributed by atoms with Crippen molar-refractivity contribution in [2.75, 3.05) is 6.61 Å². The molecule has 0 aromatic heterocycles. The van der Waals surface area contributed by atoms with Crippen LogP contribution in [0.4, 0.5) is 0 Å². The molecule has 3 rings (SSSR count). The van der Waals surface area contributed by atoms with Crippen molar-refractivity contribution in [3.8, 4) is 11.1 Å². The third kappa shape index (κ3) is 2.34. The lowest BCUT2D eigenvalue weighted by atomic mass is 10.1. The molecular formula is C15H15BrO2. The van der Waals surface area contributed by atoms with Crippen molar-refractivity contribution in [1.82, 2.24) is 0 Å². The second-order valence-corrected chi connectivity index (χ2v) is 4.95. The maximum atomic E-state index is 10.1. The molecule has 2 N–H and O–H groups in total. The maximum Gasteiger partial charge on any atom is 0.105 e. The molecule has 1 atom stereocenters. The summed E-state index contributed by atoms with van der Waals surface area (Å²) in [5.41, 5.74) is 4.28. The van der Waals surface area contributed by atoms with Crippen molar-refractivity contribution in [1.29, 1.82) is 0 Å². The van der Waals surface area contributed by atoms with Gasteiger partial charge in [-0.15, -0.1) is 0 Å². The van der Waals surface area contributed by atoms with Crippen LogP contribution in [0.5, 0.6) is 0 Å². The van der Waals surface area contributed by atoms with Crippen LogP contribution in [0, 0.1) is 0 Å². The van der Waals surface area contributed by atoms with E-state index < -0.39 is 6.10 Å². The molecule has 0 radical (unpaired) electrons. The molecular weight excluding hydrogens is 292 g/mol. The number of rotatable bonds is 0. The second kappa shape index (κ2) is 5.65. The molecule has 2 aromatic carbocycles. The number of fused-ring (bicyclic) bond motifs is 3. The molecule has 0 fully saturated rings. The quantitative estimate of drug-likeness (QED) is 0.782. The molecule has 0 bridgehead atoms. The zero-order chi connectivity index (χ0) is 13.1. The summed E-state index contributed by atoms with van der Waals surface area (Å²) in [6, 6.07) is 14.0. The average Bonchev–Trinajstić information content (AvgIpc) is 2.65. The van der Waals surface area contributed by atoms with E-state index >= 15 is 0 Å². The first-order chi connectivity index (χ1) is 8.69. The molecule has 0 amide bonds. The molecule has 94 valence electrons. The summed E-state index contributed by atoms with van der Waals surface area (Å²) in [4.78, 5) is 0. The van der Waals surface area contributed by atoms with Crippen LogP contribution >= 0.6 is 15.9 Å². The van der Waals surface area contributed by atoms with Gasteiger partial charge in [0.05, 0.1) is 0 Å². The van der Waals surface area contributed by atoms with Gasteiger partial charge in [0.25, 0.3) is 0 Å². The Morgan fingerprint density at radius 3 is 2.39 bits per heavy atom. The Bertz CT molecular complexity index is 552. The van der Waals surface area contributed by atoms with Crippen LogP contribution in [0.1, 0.15) is 24.2 Å². The predicted octanol–water partition coefficient (Wildman–Crippen LogP) is 3.51. The summed E-state index contributed by atoms with van der Waals surface area (Å²) in [5.74, 6) is 0. The van der Waals surface area contributed by atoms with Crippen molar-refractivity contribution in [2.24, 2.45) is 0 Å². The van der Waals surface area contributed by atoms with Crippen molar-refractivity contribution in [3.05, 3.63) is 58.1 Å². The van der Waals surface area contributed by atoms with Crippen molar-refractivity contribution in [2.45, 2.75) is 13.0 Å². The number of aliphatic hydroxyl groups is 2. The lowest BCUT2D eigenvalue weighted by molar-refractivity contribution is 0.225. The fourth-order valence-corrected chi connectivity index (χ4v) is 2.53. The number of benzene rings is 2. The van der Waals surface area contributed by atoms with E-state index in [9.17, 15) is 5.11 Å². The summed E-state index contributed by atoms with van der Waals surface area (Å²) in [7, 11) is 0. The van der Waals surface area contributed by atoms with E-state index in [0.29, 0.717) is 0 Å². The standard InChI is InChI=1S/C13H9BrO.C2H6O/c14-8-5-6-10-9-3-1-2-4-11(9)13(15)12(10)7-8;1-2-3/h1-7,13,15H;3H,2H2,1H3. The lowest BCUT2D eigenvalue weighted by Gasteiger charge is -2.04. The van der Waals surface area contributed by atoms with E-state index in [1.165, 1.54) is 0 Å². The molecule has 18 heavy (non-hydrogen) atoms. The predicted molar refractivity (Wildman–Crippen MR) is 76.4 cm³/mol. The first kappa shape index (κ1) is 13.3. The van der Waals surface area contributed by atoms with E-state index in [4.69, 9.17) is 5.11 Å². The van der Waals surface area contributed by atoms with Gasteiger partial charge in [0.1, 0.15) is 6.10 Å². The minimum Gasteiger partial charge on any atom is -0.397 e. The molecule has 2 aromatic rings. The molecule has 0 aliphatic heterocycles. The Labute approximate surface area is 115 Å². The van der Waals surface area contributed by atoms with E-state index in [0.717, 1.165) is 26.7 Å². The molecule has 0 heterocycles. The molecule has 0 spiro atoms. The fraction of sp³-hybridized carbons (Fsp3) is 0.200. The largest absolute Gasteiger partial charge is 0.397 e. The van der Waals surface area contributed by atoms with Crippen molar-refractivity contribution in [3.63, 3.8) is 0 Å². The normalized spacial score (nSPS) is 15.4. The van der Waals surface area contributed by atoms with Crippen LogP contribution < -0.4 is 0 Å². The van der Waals surface area contributed by atoms with Gasteiger partial charge in [0.15, 0.2) is 0 Å². The second-order valence-electron chi connectivity index (χ2n) is 4.04. The summed E-state index contributed by atoms with van der Waals surface area (Å²) >= 11 is 3.43. The summed E-state index contributed by atoms with van der Waals surface area (Å²) in [6.07, 6.45) is -0.478. The van der Waals surface area contributed by atoms with E-state index in [2.05, 4.69) is 28.1 Å². The van der Waals surface area contributed by atoms with Gasteiger partial charge in [-0.2, -0.15) is 0 Å². The Kier molecular flexibility index (Phi) is 4.17. The minimum absolute atomic E-state index is 0.250. The van der Waals surface area contributed by atoms with E-state index in [-0.39, 0.29) is 6.61 Å². The third-order valence-electron chi connectivity index (χ3n) is 2.85. The van der Waals surface area contributed by atoms with Crippen LogP contribution in [-0.2, 0) is 0 Å². The molecule has 1 unspecified atom stereocenters. The monoisotopic (exact) mass is 306 g/mol. The van der Waals surface area contributed by atoms with Crippen molar-refractivity contribution < 1.29 is 10.2 Å². The van der Waals surface area contributed by atoms with Crippen LogP contribution in [0.15, 0.2) is 46.9 Å². The summed E-state index contributed by atoms with van der Waals surface area (Å²) in [6.45, 7) is 1.93. The lowest BCUT2D eigenvalue weighted by Crippen LogP contribution is -1.92. The minimum atomic E-state index is -0.478. The van der Waals surface area contributed by atoms with Gasteiger partial charge < -0.3 is 10.2 Å². The molecule has 0 saturated carbocycles. The average molecular weight is 307 g/mol. The highest BCUT2D eigenvalue weighted by Gasteiger charge is 2.26. The molecule has 1 aliphatic carbocycles. The zero-order valence-electron chi connectivity index (χ0n) is 10.1. The topological polar surface area (TPSA) is 40.5 Å². The SMILES string of the molecule is CCO.OC1c2ccccc2-c2ccc(Br)cc21. The molecule has 0 saturated heterocycles. The highest BCUT2D eigenvalue weighted by Crippen LogP contribution is 2.43. The summed E-state index contributed by atoms with van der Waals surface area (Å²) < 4.78 is 1.01. The Morgan fingerprint density at radius 2 is 1.67 bits per heavy atom. The van der Waals surface area contributed by atoms with Crippen molar-refractivity contribution >= 4 is 15.9 Å². The Balaban J connectivity index is 0.000000367. The van der Waals surface area contributed by atoms with Crippen LogP contribution in [-0.4, -0.2) is 16.8 Å². The molecule has 2 nitrogen and oxygen atoms in total. The van der Waals surface area contributed by atoms with Gasteiger partial charge in [-0.1, -0.05) is 46.3 Å². The van der Waals surface area contributed by atoms with Gasteiger partial charge in [0.2, 0.25) is 0 Å². The maximum absolute atomic E-state index is 10.1. The van der Waals surface area contributed by atoms with Crippen LogP contribution in [0.25, 0.3) is 11.1 Å². The zero-order valence-corrected chi connectivity index (χ0v) is 11.7. The van der Waals surface area contributed by atoms with Crippen LogP contribution in [0.2, 0.25) is 0 Å².